The lowest BCUT2D eigenvalue weighted by Crippen LogP contribution is -2.38. The van der Waals surface area contributed by atoms with Gasteiger partial charge in [-0.25, -0.2) is 4.79 Å². The van der Waals surface area contributed by atoms with Gasteiger partial charge in [0.05, 0.1) is 19.3 Å². The van der Waals surface area contributed by atoms with Crippen LogP contribution in [0.4, 0.5) is 0 Å². The molecule has 0 saturated carbocycles. The summed E-state index contributed by atoms with van der Waals surface area (Å²) in [6, 6.07) is 1.67. The van der Waals surface area contributed by atoms with Crippen molar-refractivity contribution in [2.75, 3.05) is 13.7 Å². The topological polar surface area (TPSA) is 71.7 Å². The summed E-state index contributed by atoms with van der Waals surface area (Å²) in [5, 5.41) is 13.3. The number of carbonyl (C=O) groups is 1. The summed E-state index contributed by atoms with van der Waals surface area (Å²) in [5.41, 5.74) is -0.306. The van der Waals surface area contributed by atoms with Crippen molar-refractivity contribution in [2.45, 2.75) is 46.3 Å². The van der Waals surface area contributed by atoms with Crippen LogP contribution in [-0.4, -0.2) is 30.3 Å². The molecule has 1 rings (SSSR count). The van der Waals surface area contributed by atoms with Crippen LogP contribution in [0, 0.1) is 12.8 Å². The lowest BCUT2D eigenvalue weighted by molar-refractivity contribution is 0.0379. The SMILES string of the molecule is COC(=O)c1cc(CNCC(C)(O)CC(C)C)oc1C. The van der Waals surface area contributed by atoms with E-state index in [0.717, 1.165) is 6.42 Å². The van der Waals surface area contributed by atoms with Gasteiger partial charge < -0.3 is 19.6 Å². The van der Waals surface area contributed by atoms with E-state index in [-0.39, 0.29) is 0 Å². The molecule has 0 spiro atoms. The van der Waals surface area contributed by atoms with Crippen molar-refractivity contribution >= 4 is 5.97 Å². The Morgan fingerprint density at radius 1 is 1.55 bits per heavy atom. The fourth-order valence-corrected chi connectivity index (χ4v) is 2.35. The van der Waals surface area contributed by atoms with Gasteiger partial charge in [0, 0.05) is 6.54 Å². The van der Waals surface area contributed by atoms with Crippen LogP contribution in [0.25, 0.3) is 0 Å². The fourth-order valence-electron chi connectivity index (χ4n) is 2.35. The van der Waals surface area contributed by atoms with Crippen molar-refractivity contribution in [3.05, 3.63) is 23.2 Å². The molecule has 0 aliphatic heterocycles. The third-order valence-electron chi connectivity index (χ3n) is 3.03. The van der Waals surface area contributed by atoms with Crippen molar-refractivity contribution < 1.29 is 19.1 Å². The molecule has 0 aliphatic carbocycles. The van der Waals surface area contributed by atoms with Crippen molar-refractivity contribution in [1.82, 2.24) is 5.32 Å². The summed E-state index contributed by atoms with van der Waals surface area (Å²) in [6.07, 6.45) is 0.727. The van der Waals surface area contributed by atoms with Gasteiger partial charge in [-0.3, -0.25) is 0 Å². The van der Waals surface area contributed by atoms with E-state index < -0.39 is 11.6 Å². The molecule has 2 N–H and O–H groups in total. The first-order chi connectivity index (χ1) is 9.25. The van der Waals surface area contributed by atoms with Crippen molar-refractivity contribution in [1.29, 1.82) is 0 Å². The average molecular weight is 283 g/mol. The lowest BCUT2D eigenvalue weighted by Gasteiger charge is -2.25. The molecule has 0 aliphatic rings. The van der Waals surface area contributed by atoms with E-state index in [9.17, 15) is 9.90 Å². The molecule has 1 heterocycles. The maximum atomic E-state index is 11.5. The molecule has 0 amide bonds. The molecule has 0 saturated heterocycles. The Hall–Kier alpha value is -1.33. The molecule has 1 aromatic rings. The van der Waals surface area contributed by atoms with Gasteiger partial charge in [-0.15, -0.1) is 0 Å². The van der Waals surface area contributed by atoms with Crippen LogP contribution in [0.15, 0.2) is 10.5 Å². The molecule has 5 heteroatoms. The Bertz CT molecular complexity index is 449. The van der Waals surface area contributed by atoms with Gasteiger partial charge in [0.15, 0.2) is 0 Å². The zero-order valence-corrected chi connectivity index (χ0v) is 12.9. The summed E-state index contributed by atoms with van der Waals surface area (Å²) in [4.78, 5) is 11.5. The van der Waals surface area contributed by atoms with E-state index in [0.29, 0.717) is 36.1 Å². The van der Waals surface area contributed by atoms with Crippen molar-refractivity contribution in [3.63, 3.8) is 0 Å². The molecule has 1 unspecified atom stereocenters. The van der Waals surface area contributed by atoms with Crippen molar-refractivity contribution in [3.8, 4) is 0 Å². The largest absolute Gasteiger partial charge is 0.465 e. The second-order valence-corrected chi connectivity index (χ2v) is 5.87. The third kappa shape index (κ3) is 4.98. The second-order valence-electron chi connectivity index (χ2n) is 5.87. The molecule has 20 heavy (non-hydrogen) atoms. The van der Waals surface area contributed by atoms with E-state index in [1.165, 1.54) is 7.11 Å². The highest BCUT2D eigenvalue weighted by Crippen LogP contribution is 2.17. The van der Waals surface area contributed by atoms with E-state index in [2.05, 4.69) is 23.9 Å². The van der Waals surface area contributed by atoms with Crippen LogP contribution in [0.5, 0.6) is 0 Å². The fraction of sp³-hybridized carbons (Fsp3) is 0.667. The number of aryl methyl sites for hydroxylation is 1. The van der Waals surface area contributed by atoms with Crippen LogP contribution >= 0.6 is 0 Å². The maximum absolute atomic E-state index is 11.5. The standard InChI is InChI=1S/C15H25NO4/c1-10(2)7-15(4,18)9-16-8-12-6-13(11(3)20-12)14(17)19-5/h6,10,16,18H,7-9H2,1-5H3. The van der Waals surface area contributed by atoms with Gasteiger partial charge in [0.25, 0.3) is 0 Å². The Labute approximate surface area is 120 Å². The third-order valence-corrected chi connectivity index (χ3v) is 3.03. The predicted molar refractivity (Wildman–Crippen MR) is 76.6 cm³/mol. The van der Waals surface area contributed by atoms with E-state index in [1.807, 2.05) is 6.92 Å². The van der Waals surface area contributed by atoms with Crippen LogP contribution in [-0.2, 0) is 11.3 Å². The number of ether oxygens (including phenoxy) is 1. The molecule has 0 bridgehead atoms. The molecule has 0 aromatic carbocycles. The number of nitrogens with one attached hydrogen (secondary N) is 1. The summed E-state index contributed by atoms with van der Waals surface area (Å²) >= 11 is 0. The highest BCUT2D eigenvalue weighted by molar-refractivity contribution is 5.90. The highest BCUT2D eigenvalue weighted by Gasteiger charge is 2.22. The molecule has 0 fully saturated rings. The molecule has 0 radical (unpaired) electrons. The number of methoxy groups -OCH3 is 1. The maximum Gasteiger partial charge on any atom is 0.341 e. The number of carbonyl (C=O) groups excluding carboxylic acids is 1. The first-order valence-corrected chi connectivity index (χ1v) is 6.86. The summed E-state index contributed by atoms with van der Waals surface area (Å²) in [5.74, 6) is 1.23. The number of hydrogen-bond acceptors (Lipinski definition) is 5. The van der Waals surface area contributed by atoms with Crippen molar-refractivity contribution in [2.24, 2.45) is 5.92 Å². The molecule has 5 nitrogen and oxygen atoms in total. The minimum absolute atomic E-state index is 0.399. The average Bonchev–Trinajstić information content (AvgIpc) is 2.67. The molecule has 1 atom stereocenters. The van der Waals surface area contributed by atoms with Gasteiger partial charge >= 0.3 is 5.97 Å². The van der Waals surface area contributed by atoms with Crippen LogP contribution < -0.4 is 5.32 Å². The zero-order chi connectivity index (χ0) is 15.3. The van der Waals surface area contributed by atoms with Crippen LogP contribution in [0.1, 0.15) is 49.1 Å². The number of aliphatic hydroxyl groups is 1. The molecule has 1 aromatic heterocycles. The zero-order valence-electron chi connectivity index (χ0n) is 12.9. The predicted octanol–water partition coefficient (Wildman–Crippen LogP) is 2.26. The number of hydrogen-bond donors (Lipinski definition) is 2. The smallest absolute Gasteiger partial charge is 0.341 e. The Morgan fingerprint density at radius 3 is 2.75 bits per heavy atom. The quantitative estimate of drug-likeness (QED) is 0.751. The summed E-state index contributed by atoms with van der Waals surface area (Å²) in [6.45, 7) is 8.63. The first-order valence-electron chi connectivity index (χ1n) is 6.86. The normalized spacial score (nSPS) is 14.3. The number of rotatable bonds is 7. The van der Waals surface area contributed by atoms with Gasteiger partial charge in [-0.05, 0) is 32.3 Å². The minimum Gasteiger partial charge on any atom is -0.465 e. The van der Waals surface area contributed by atoms with E-state index >= 15 is 0 Å². The first kappa shape index (κ1) is 16.7. The van der Waals surface area contributed by atoms with Gasteiger partial charge in [-0.1, -0.05) is 13.8 Å². The van der Waals surface area contributed by atoms with Crippen LogP contribution in [0.2, 0.25) is 0 Å². The summed E-state index contributed by atoms with van der Waals surface area (Å²) < 4.78 is 10.2. The molecule has 114 valence electrons. The van der Waals surface area contributed by atoms with Gasteiger partial charge in [0.2, 0.25) is 0 Å². The summed E-state index contributed by atoms with van der Waals surface area (Å²) in [7, 11) is 1.34. The Balaban J connectivity index is 2.52. The molecular weight excluding hydrogens is 258 g/mol. The Kier molecular flexibility index (Phi) is 5.77. The Morgan fingerprint density at radius 2 is 2.20 bits per heavy atom. The number of furan rings is 1. The highest BCUT2D eigenvalue weighted by atomic mass is 16.5. The second kappa shape index (κ2) is 6.90. The lowest BCUT2D eigenvalue weighted by atomic mass is 9.94. The van der Waals surface area contributed by atoms with Gasteiger partial charge in [0.1, 0.15) is 17.1 Å². The van der Waals surface area contributed by atoms with Gasteiger partial charge in [-0.2, -0.15) is 0 Å². The van der Waals surface area contributed by atoms with E-state index in [1.54, 1.807) is 13.0 Å². The number of esters is 1. The van der Waals surface area contributed by atoms with E-state index in [4.69, 9.17) is 4.42 Å². The minimum atomic E-state index is -0.749. The molecular formula is C15H25NO4. The monoisotopic (exact) mass is 283 g/mol. The van der Waals surface area contributed by atoms with Crippen LogP contribution in [0.3, 0.4) is 0 Å².